The number of hydrogen-bond acceptors (Lipinski definition) is 6. The van der Waals surface area contributed by atoms with Crippen LogP contribution in [0.25, 0.3) is 0 Å². The van der Waals surface area contributed by atoms with Gasteiger partial charge in [-0.2, -0.15) is 4.99 Å². The van der Waals surface area contributed by atoms with Crippen LogP contribution in [0.3, 0.4) is 0 Å². The van der Waals surface area contributed by atoms with Crippen molar-refractivity contribution in [3.05, 3.63) is 130 Å². The van der Waals surface area contributed by atoms with Crippen molar-refractivity contribution in [3.63, 3.8) is 0 Å². The van der Waals surface area contributed by atoms with Crippen LogP contribution in [-0.2, 0) is 27.4 Å². The average Bonchev–Trinajstić information content (AvgIpc) is 3.09. The lowest BCUT2D eigenvalue weighted by atomic mass is 9.94. The van der Waals surface area contributed by atoms with Crippen LogP contribution in [0.2, 0.25) is 0 Å². The summed E-state index contributed by atoms with van der Waals surface area (Å²) in [6.07, 6.45) is 5.14. The lowest BCUT2D eigenvalue weighted by Gasteiger charge is -2.30. The number of carbonyl (C=O) groups is 2. The second kappa shape index (κ2) is 19.2. The number of carbonyl (C=O) groups excluding carboxylic acids is 2. The summed E-state index contributed by atoms with van der Waals surface area (Å²) in [5.74, 6) is -0.928. The Balaban J connectivity index is 0.000000482. The highest BCUT2D eigenvalue weighted by Gasteiger charge is 2.25. The Morgan fingerprint density at radius 2 is 1.54 bits per heavy atom. The minimum Gasteiger partial charge on any atom is -0.478 e. The Morgan fingerprint density at radius 1 is 0.860 bits per heavy atom. The Kier molecular flexibility index (Phi) is 14.5. The van der Waals surface area contributed by atoms with E-state index in [1.807, 2.05) is 93.6 Å². The third-order valence-corrected chi connectivity index (χ3v) is 8.75. The summed E-state index contributed by atoms with van der Waals surface area (Å²) in [6, 6.07) is 28.7. The Morgan fingerprint density at radius 3 is 2.24 bits per heavy atom. The van der Waals surface area contributed by atoms with Crippen molar-refractivity contribution >= 4 is 29.5 Å². The second-order valence-corrected chi connectivity index (χ2v) is 12.7. The molecular weight excluding hydrogens is 630 g/mol. The molecule has 0 radical (unpaired) electrons. The summed E-state index contributed by atoms with van der Waals surface area (Å²) < 4.78 is 12.4. The van der Waals surface area contributed by atoms with Crippen molar-refractivity contribution in [1.82, 2.24) is 4.90 Å². The molecule has 2 amide bonds. The highest BCUT2D eigenvalue weighted by atomic mass is 16.5. The van der Waals surface area contributed by atoms with Crippen molar-refractivity contribution < 1.29 is 29.0 Å². The molecule has 9 nitrogen and oxygen atoms in total. The number of ether oxygens (including phenoxy) is 2. The van der Waals surface area contributed by atoms with E-state index in [1.54, 1.807) is 24.0 Å². The normalized spacial score (nSPS) is 15.2. The molecule has 0 bridgehead atoms. The van der Waals surface area contributed by atoms with E-state index in [4.69, 9.17) is 9.47 Å². The van der Waals surface area contributed by atoms with Crippen molar-refractivity contribution in [2.45, 2.75) is 78.7 Å². The molecule has 0 heterocycles. The van der Waals surface area contributed by atoms with Gasteiger partial charge in [0.1, 0.15) is 0 Å². The van der Waals surface area contributed by atoms with E-state index in [0.29, 0.717) is 36.5 Å². The van der Waals surface area contributed by atoms with Crippen LogP contribution in [-0.4, -0.2) is 53.4 Å². The van der Waals surface area contributed by atoms with Crippen LogP contribution in [0, 0.1) is 27.7 Å². The molecule has 0 aromatic heterocycles. The third-order valence-electron chi connectivity index (χ3n) is 8.75. The fourth-order valence-corrected chi connectivity index (χ4v) is 6.03. The number of isocyanates is 1. The molecule has 1 saturated carbocycles. The van der Waals surface area contributed by atoms with Gasteiger partial charge in [-0.3, -0.25) is 0 Å². The van der Waals surface area contributed by atoms with Gasteiger partial charge in [0.2, 0.25) is 6.08 Å². The maximum absolute atomic E-state index is 13.3. The molecule has 2 N–H and O–H groups in total. The molecule has 0 unspecified atom stereocenters. The van der Waals surface area contributed by atoms with Crippen molar-refractivity contribution in [1.29, 1.82) is 0 Å². The van der Waals surface area contributed by atoms with Gasteiger partial charge < -0.3 is 24.8 Å². The summed E-state index contributed by atoms with van der Waals surface area (Å²) in [5.41, 5.74) is 7.48. The van der Waals surface area contributed by atoms with Gasteiger partial charge in [0.05, 0.1) is 36.7 Å². The van der Waals surface area contributed by atoms with Gasteiger partial charge in [-0.05, 0) is 93.3 Å². The van der Waals surface area contributed by atoms with Crippen molar-refractivity contribution in [2.75, 3.05) is 18.5 Å². The van der Waals surface area contributed by atoms with Gasteiger partial charge in [-0.15, -0.1) is 0 Å². The van der Waals surface area contributed by atoms with Crippen LogP contribution < -0.4 is 5.32 Å². The predicted octanol–water partition coefficient (Wildman–Crippen LogP) is 8.85. The summed E-state index contributed by atoms with van der Waals surface area (Å²) in [4.78, 5) is 40.1. The first-order chi connectivity index (χ1) is 24.1. The molecule has 0 aliphatic heterocycles. The molecule has 4 aromatic carbocycles. The second-order valence-electron chi connectivity index (χ2n) is 12.7. The largest absolute Gasteiger partial charge is 0.478 e. The van der Waals surface area contributed by atoms with Crippen molar-refractivity contribution in [2.24, 2.45) is 4.99 Å². The van der Waals surface area contributed by atoms with E-state index in [0.717, 1.165) is 59.2 Å². The molecular formula is C41H47N3O6. The van der Waals surface area contributed by atoms with Gasteiger partial charge in [0.15, 0.2) is 0 Å². The molecule has 4 aromatic rings. The average molecular weight is 678 g/mol. The van der Waals surface area contributed by atoms with Gasteiger partial charge in [-0.25, -0.2) is 14.4 Å². The number of para-hydroxylation sites is 2. The van der Waals surface area contributed by atoms with Crippen LogP contribution in [0.15, 0.2) is 96.0 Å². The van der Waals surface area contributed by atoms with Gasteiger partial charge >= 0.3 is 12.0 Å². The minimum atomic E-state index is -0.928. The van der Waals surface area contributed by atoms with Crippen molar-refractivity contribution in [3.8, 4) is 0 Å². The first-order valence-corrected chi connectivity index (χ1v) is 17.0. The molecule has 0 saturated heterocycles. The van der Waals surface area contributed by atoms with Crippen LogP contribution in [0.4, 0.5) is 16.2 Å². The summed E-state index contributed by atoms with van der Waals surface area (Å²) >= 11 is 0. The zero-order chi connectivity index (χ0) is 35.9. The van der Waals surface area contributed by atoms with Crippen LogP contribution >= 0.6 is 0 Å². The SMILES string of the molecule is Cc1cccc(CN(CCO[C@@H]2CCC[C@H](OCc3cccc(C)c3C(=O)O)C2)C(=O)Nc2ccccc2C)c1.Cc1ccccc1N=C=O. The number of urea groups is 1. The zero-order valence-corrected chi connectivity index (χ0v) is 29.4. The molecule has 1 fully saturated rings. The van der Waals surface area contributed by atoms with Crippen LogP contribution in [0.1, 0.15) is 69.4 Å². The highest BCUT2D eigenvalue weighted by molar-refractivity contribution is 5.91. The van der Waals surface area contributed by atoms with E-state index in [1.165, 1.54) is 6.08 Å². The number of aryl methyl sites for hydroxylation is 4. The molecule has 0 spiro atoms. The molecule has 50 heavy (non-hydrogen) atoms. The summed E-state index contributed by atoms with van der Waals surface area (Å²) in [6.45, 7) is 9.37. The first-order valence-electron chi connectivity index (χ1n) is 17.0. The molecule has 262 valence electrons. The number of nitrogens with one attached hydrogen (secondary N) is 1. The maximum Gasteiger partial charge on any atom is 0.336 e. The fourth-order valence-electron chi connectivity index (χ4n) is 6.03. The van der Waals surface area contributed by atoms with Gasteiger partial charge in [0, 0.05) is 18.8 Å². The minimum absolute atomic E-state index is 0.00802. The number of aromatic carboxylic acids is 1. The molecule has 2 atom stereocenters. The predicted molar refractivity (Wildman–Crippen MR) is 196 cm³/mol. The van der Waals surface area contributed by atoms with E-state index in [9.17, 15) is 19.5 Å². The number of hydrogen-bond donors (Lipinski definition) is 2. The van der Waals surface area contributed by atoms with E-state index in [2.05, 4.69) is 16.4 Å². The molecule has 5 rings (SSSR count). The lowest BCUT2D eigenvalue weighted by molar-refractivity contribution is -0.0524. The Labute approximate surface area is 295 Å². The van der Waals surface area contributed by atoms with E-state index < -0.39 is 5.97 Å². The van der Waals surface area contributed by atoms with Crippen LogP contribution in [0.5, 0.6) is 0 Å². The number of rotatable bonds is 12. The quantitative estimate of drug-likeness (QED) is 0.114. The summed E-state index contributed by atoms with van der Waals surface area (Å²) in [7, 11) is 0. The fraction of sp³-hybridized carbons (Fsp3) is 0.341. The highest BCUT2D eigenvalue weighted by Crippen LogP contribution is 2.26. The Bertz CT molecular complexity index is 1780. The Hall–Kier alpha value is -5.08. The molecule has 1 aliphatic rings. The lowest BCUT2D eigenvalue weighted by Crippen LogP contribution is -2.38. The maximum atomic E-state index is 13.3. The summed E-state index contributed by atoms with van der Waals surface area (Å²) in [5, 5.41) is 12.7. The number of anilines is 1. The number of amides is 2. The standard InChI is InChI=1S/C33H40N2O5.C8H7NO/c1-23-9-6-12-26(19-23)21-35(33(38)34-30-16-5-4-10-24(30)2)17-18-39-28-14-8-15-29(20-28)40-22-27-13-7-11-25(3)31(27)32(36)37;1-7-4-2-3-5-8(7)9-6-10/h4-7,9-13,16,19,28-29H,8,14-15,17-18,20-22H2,1-3H3,(H,34,38)(H,36,37);2-5H,1H3/t28-,29+;/m1./s1. The number of nitrogens with zero attached hydrogens (tertiary/aromatic N) is 2. The third kappa shape index (κ3) is 11.5. The smallest absolute Gasteiger partial charge is 0.336 e. The van der Waals surface area contributed by atoms with E-state index >= 15 is 0 Å². The molecule has 1 aliphatic carbocycles. The number of carboxylic acid groups (broad SMARTS) is 1. The van der Waals surface area contributed by atoms with Gasteiger partial charge in [0.25, 0.3) is 0 Å². The first kappa shape index (κ1) is 37.7. The monoisotopic (exact) mass is 677 g/mol. The molecule has 9 heteroatoms. The van der Waals surface area contributed by atoms with E-state index in [-0.39, 0.29) is 24.8 Å². The van der Waals surface area contributed by atoms with Gasteiger partial charge in [-0.1, -0.05) is 84.4 Å². The number of benzene rings is 4. The number of carboxylic acids is 1. The topological polar surface area (TPSA) is 118 Å². The zero-order valence-electron chi connectivity index (χ0n) is 29.4. The number of aliphatic imine (C=N–C) groups is 1.